The van der Waals surface area contributed by atoms with E-state index in [4.69, 9.17) is 4.74 Å². The van der Waals surface area contributed by atoms with Crippen LogP contribution in [0, 0.1) is 0 Å². The predicted molar refractivity (Wildman–Crippen MR) is 117 cm³/mol. The molecule has 0 aliphatic carbocycles. The van der Waals surface area contributed by atoms with Crippen molar-refractivity contribution in [1.29, 1.82) is 0 Å². The first-order valence-electron chi connectivity index (χ1n) is 9.56. The van der Waals surface area contributed by atoms with Gasteiger partial charge >= 0.3 is 6.03 Å². The monoisotopic (exact) mass is 446 g/mol. The number of nitrogens with one attached hydrogen (secondary N) is 2. The average molecular weight is 447 g/mol. The number of benzene rings is 2. The maximum absolute atomic E-state index is 11.9. The quantitative estimate of drug-likeness (QED) is 0.635. The van der Waals surface area contributed by atoms with E-state index >= 15 is 0 Å². The number of methoxy groups -OCH3 is 1. The second-order valence-electron chi connectivity index (χ2n) is 6.74. The van der Waals surface area contributed by atoms with Crippen LogP contribution in [0.2, 0.25) is 0 Å². The number of para-hydroxylation sites is 2. The Balaban J connectivity index is 1.33. The molecule has 1 fully saturated rings. The fourth-order valence-electron chi connectivity index (χ4n) is 3.32. The molecule has 3 rings (SSSR count). The minimum atomic E-state index is -0.164. The van der Waals surface area contributed by atoms with E-state index in [-0.39, 0.29) is 6.03 Å². The average Bonchev–Trinajstić information content (AvgIpc) is 2.73. The summed E-state index contributed by atoms with van der Waals surface area (Å²) in [4.78, 5) is 16.8. The maximum Gasteiger partial charge on any atom is 0.319 e. The summed E-state index contributed by atoms with van der Waals surface area (Å²) in [6.45, 7) is 5.65. The third kappa shape index (κ3) is 5.87. The number of nitrogens with zero attached hydrogens (tertiary/aromatic N) is 2. The highest BCUT2D eigenvalue weighted by atomic mass is 79.9. The van der Waals surface area contributed by atoms with Crippen LogP contribution in [0.3, 0.4) is 0 Å². The number of hydrogen-bond acceptors (Lipinski definition) is 4. The molecular weight excluding hydrogens is 420 g/mol. The Kier molecular flexibility index (Phi) is 7.56. The Hall–Kier alpha value is -2.25. The number of halogens is 1. The van der Waals surface area contributed by atoms with Crippen LogP contribution in [-0.2, 0) is 0 Å². The highest BCUT2D eigenvalue weighted by Gasteiger charge is 2.19. The molecule has 1 heterocycles. The summed E-state index contributed by atoms with van der Waals surface area (Å²) in [6, 6.07) is 15.5. The molecule has 0 aromatic heterocycles. The lowest BCUT2D eigenvalue weighted by molar-refractivity contribution is 0.244. The van der Waals surface area contributed by atoms with E-state index in [9.17, 15) is 4.79 Å². The summed E-state index contributed by atoms with van der Waals surface area (Å²) in [7, 11) is 1.72. The number of piperazine rings is 1. The van der Waals surface area contributed by atoms with Crippen LogP contribution in [0.5, 0.6) is 5.75 Å². The molecule has 28 heavy (non-hydrogen) atoms. The van der Waals surface area contributed by atoms with Gasteiger partial charge in [0, 0.05) is 42.9 Å². The molecule has 1 aliphatic rings. The van der Waals surface area contributed by atoms with Crippen molar-refractivity contribution in [3.05, 3.63) is 53.0 Å². The molecule has 0 bridgehead atoms. The molecule has 2 N–H and O–H groups in total. The second-order valence-corrected chi connectivity index (χ2v) is 7.66. The molecule has 1 saturated heterocycles. The van der Waals surface area contributed by atoms with E-state index in [0.29, 0.717) is 6.54 Å². The molecule has 0 saturated carbocycles. The normalized spacial score (nSPS) is 14.6. The number of carbonyl (C=O) groups excluding carboxylic acids is 1. The second kappa shape index (κ2) is 10.3. The Morgan fingerprint density at radius 1 is 1.07 bits per heavy atom. The van der Waals surface area contributed by atoms with E-state index in [1.165, 1.54) is 0 Å². The van der Waals surface area contributed by atoms with Gasteiger partial charge in [-0.05, 0) is 49.4 Å². The number of anilines is 2. The van der Waals surface area contributed by atoms with Crippen molar-refractivity contribution < 1.29 is 9.53 Å². The van der Waals surface area contributed by atoms with Gasteiger partial charge in [-0.15, -0.1) is 0 Å². The first-order chi connectivity index (χ1) is 13.7. The number of hydrogen-bond donors (Lipinski definition) is 2. The van der Waals surface area contributed by atoms with Crippen LogP contribution in [0.15, 0.2) is 53.0 Å². The van der Waals surface area contributed by atoms with Crippen LogP contribution < -0.4 is 20.3 Å². The predicted octanol–water partition coefficient (Wildman–Crippen LogP) is 3.79. The van der Waals surface area contributed by atoms with E-state index in [2.05, 4.69) is 48.5 Å². The van der Waals surface area contributed by atoms with Gasteiger partial charge in [-0.2, -0.15) is 0 Å². The highest BCUT2D eigenvalue weighted by Crippen LogP contribution is 2.28. The first kappa shape index (κ1) is 20.5. The summed E-state index contributed by atoms with van der Waals surface area (Å²) < 4.78 is 6.46. The first-order valence-corrected chi connectivity index (χ1v) is 10.4. The number of urea groups is 1. The fraction of sp³-hybridized carbons (Fsp3) is 0.381. The summed E-state index contributed by atoms with van der Waals surface area (Å²) in [5.74, 6) is 0.928. The zero-order chi connectivity index (χ0) is 19.8. The van der Waals surface area contributed by atoms with Crippen molar-refractivity contribution >= 4 is 33.3 Å². The standard InChI is InChI=1S/C21H27BrN4O2/c1-28-20-6-3-2-5-19(20)26-15-13-25(14-16-26)12-4-11-23-21(27)24-18-9-7-17(22)8-10-18/h2-3,5-10H,4,11-16H2,1H3,(H2,23,24,27). The van der Waals surface area contributed by atoms with Crippen molar-refractivity contribution in [3.8, 4) is 5.75 Å². The summed E-state index contributed by atoms with van der Waals surface area (Å²) >= 11 is 3.38. The summed E-state index contributed by atoms with van der Waals surface area (Å²) in [5, 5.41) is 5.76. The van der Waals surface area contributed by atoms with Gasteiger partial charge in [0.25, 0.3) is 0 Å². The van der Waals surface area contributed by atoms with Crippen LogP contribution in [0.25, 0.3) is 0 Å². The number of amides is 2. The zero-order valence-electron chi connectivity index (χ0n) is 16.2. The van der Waals surface area contributed by atoms with Gasteiger partial charge in [0.15, 0.2) is 0 Å². The Morgan fingerprint density at radius 2 is 1.79 bits per heavy atom. The smallest absolute Gasteiger partial charge is 0.319 e. The summed E-state index contributed by atoms with van der Waals surface area (Å²) in [5.41, 5.74) is 1.95. The zero-order valence-corrected chi connectivity index (χ0v) is 17.7. The Morgan fingerprint density at radius 3 is 2.50 bits per heavy atom. The molecule has 6 nitrogen and oxygen atoms in total. The van der Waals surface area contributed by atoms with Crippen molar-refractivity contribution in [3.63, 3.8) is 0 Å². The van der Waals surface area contributed by atoms with Gasteiger partial charge in [0.1, 0.15) is 5.75 Å². The van der Waals surface area contributed by atoms with E-state index in [1.807, 2.05) is 36.4 Å². The van der Waals surface area contributed by atoms with E-state index in [1.54, 1.807) is 7.11 Å². The Bertz CT molecular complexity index is 761. The lowest BCUT2D eigenvalue weighted by atomic mass is 10.2. The fourth-order valence-corrected chi connectivity index (χ4v) is 3.58. The van der Waals surface area contributed by atoms with Crippen LogP contribution in [0.1, 0.15) is 6.42 Å². The van der Waals surface area contributed by atoms with Crippen LogP contribution >= 0.6 is 15.9 Å². The van der Waals surface area contributed by atoms with Gasteiger partial charge in [-0.3, -0.25) is 4.90 Å². The SMILES string of the molecule is COc1ccccc1N1CCN(CCCNC(=O)Nc2ccc(Br)cc2)CC1. The van der Waals surface area contributed by atoms with Crippen molar-refractivity contribution in [2.75, 3.05) is 56.6 Å². The Labute approximate surface area is 175 Å². The lowest BCUT2D eigenvalue weighted by Gasteiger charge is -2.36. The number of rotatable bonds is 7. The topological polar surface area (TPSA) is 56.8 Å². The third-order valence-electron chi connectivity index (χ3n) is 4.84. The summed E-state index contributed by atoms with van der Waals surface area (Å²) in [6.07, 6.45) is 0.933. The molecule has 150 valence electrons. The molecule has 2 aromatic carbocycles. The molecule has 0 atom stereocenters. The van der Waals surface area contributed by atoms with Crippen LogP contribution in [-0.4, -0.2) is 57.3 Å². The minimum Gasteiger partial charge on any atom is -0.495 e. The number of ether oxygens (including phenoxy) is 1. The maximum atomic E-state index is 11.9. The highest BCUT2D eigenvalue weighted by molar-refractivity contribution is 9.10. The third-order valence-corrected chi connectivity index (χ3v) is 5.37. The van der Waals surface area contributed by atoms with Gasteiger partial charge < -0.3 is 20.3 Å². The van der Waals surface area contributed by atoms with Gasteiger partial charge in [-0.25, -0.2) is 4.79 Å². The molecule has 0 spiro atoms. The molecule has 2 amide bonds. The van der Waals surface area contributed by atoms with Crippen molar-refractivity contribution in [2.24, 2.45) is 0 Å². The van der Waals surface area contributed by atoms with Gasteiger partial charge in [0.2, 0.25) is 0 Å². The largest absolute Gasteiger partial charge is 0.495 e. The minimum absolute atomic E-state index is 0.164. The van der Waals surface area contributed by atoms with Gasteiger partial charge in [-0.1, -0.05) is 28.1 Å². The molecule has 7 heteroatoms. The molecule has 2 aromatic rings. The van der Waals surface area contributed by atoms with E-state index < -0.39 is 0 Å². The van der Waals surface area contributed by atoms with Crippen LogP contribution in [0.4, 0.5) is 16.2 Å². The lowest BCUT2D eigenvalue weighted by Crippen LogP contribution is -2.47. The molecule has 0 radical (unpaired) electrons. The molecule has 1 aliphatic heterocycles. The van der Waals surface area contributed by atoms with Crippen molar-refractivity contribution in [1.82, 2.24) is 10.2 Å². The number of carbonyl (C=O) groups is 1. The molecular formula is C21H27BrN4O2. The van der Waals surface area contributed by atoms with Crippen molar-refractivity contribution in [2.45, 2.75) is 6.42 Å². The van der Waals surface area contributed by atoms with E-state index in [0.717, 1.165) is 60.7 Å². The van der Waals surface area contributed by atoms with Gasteiger partial charge in [0.05, 0.1) is 12.8 Å². The molecule has 0 unspecified atom stereocenters.